The van der Waals surface area contributed by atoms with Crippen LogP contribution in [0.25, 0.3) is 11.4 Å². The van der Waals surface area contributed by atoms with Crippen LogP contribution in [0.4, 0.5) is 4.39 Å². The summed E-state index contributed by atoms with van der Waals surface area (Å²) in [5, 5.41) is 12.4. The highest BCUT2D eigenvalue weighted by Crippen LogP contribution is 2.27. The van der Waals surface area contributed by atoms with E-state index in [-0.39, 0.29) is 17.0 Å². The fourth-order valence-electron chi connectivity index (χ4n) is 2.62. The van der Waals surface area contributed by atoms with Crippen molar-refractivity contribution in [3.63, 3.8) is 0 Å². The van der Waals surface area contributed by atoms with E-state index in [0.29, 0.717) is 23.3 Å². The van der Waals surface area contributed by atoms with E-state index in [9.17, 15) is 9.18 Å². The van der Waals surface area contributed by atoms with Gasteiger partial charge in [-0.3, -0.25) is 4.79 Å². The third-order valence-electron chi connectivity index (χ3n) is 4.17. The lowest BCUT2D eigenvalue weighted by Crippen LogP contribution is -2.30. The SMILES string of the molecule is CCn1c(S[C@H](C)C(=O)NCc2ccc(F)cc2)nnc1-c1ccc(Cl)cc1. The van der Waals surface area contributed by atoms with Crippen molar-refractivity contribution in [3.8, 4) is 11.4 Å². The maximum atomic E-state index is 13.0. The summed E-state index contributed by atoms with van der Waals surface area (Å²) >= 11 is 7.30. The summed E-state index contributed by atoms with van der Waals surface area (Å²) in [5.41, 5.74) is 1.76. The topological polar surface area (TPSA) is 59.8 Å². The van der Waals surface area contributed by atoms with Crippen molar-refractivity contribution in [3.05, 3.63) is 64.9 Å². The first-order chi connectivity index (χ1) is 13.5. The number of carbonyl (C=O) groups excluding carboxylic acids is 1. The van der Waals surface area contributed by atoms with E-state index in [1.807, 2.05) is 42.7 Å². The number of amides is 1. The van der Waals surface area contributed by atoms with Crippen LogP contribution >= 0.6 is 23.4 Å². The minimum atomic E-state index is -0.354. The molecule has 0 bridgehead atoms. The number of nitrogens with one attached hydrogen (secondary N) is 1. The fraction of sp³-hybridized carbons (Fsp3) is 0.250. The molecule has 0 unspecified atom stereocenters. The zero-order chi connectivity index (χ0) is 20.1. The molecular formula is C20H20ClFN4OS. The van der Waals surface area contributed by atoms with Gasteiger partial charge < -0.3 is 9.88 Å². The van der Waals surface area contributed by atoms with Gasteiger partial charge in [-0.1, -0.05) is 35.5 Å². The van der Waals surface area contributed by atoms with Crippen molar-refractivity contribution in [2.24, 2.45) is 0 Å². The van der Waals surface area contributed by atoms with E-state index in [2.05, 4.69) is 15.5 Å². The van der Waals surface area contributed by atoms with Gasteiger partial charge in [0.05, 0.1) is 5.25 Å². The predicted octanol–water partition coefficient (Wildman–Crippen LogP) is 4.55. The summed E-state index contributed by atoms with van der Waals surface area (Å²) in [7, 11) is 0. The quantitative estimate of drug-likeness (QED) is 0.571. The first-order valence-electron chi connectivity index (χ1n) is 8.86. The van der Waals surface area contributed by atoms with Crippen LogP contribution in [-0.4, -0.2) is 25.9 Å². The molecule has 0 aliphatic carbocycles. The second-order valence-electron chi connectivity index (χ2n) is 6.16. The number of hydrogen-bond donors (Lipinski definition) is 1. The molecule has 0 saturated heterocycles. The van der Waals surface area contributed by atoms with E-state index >= 15 is 0 Å². The zero-order valence-corrected chi connectivity index (χ0v) is 17.1. The lowest BCUT2D eigenvalue weighted by molar-refractivity contribution is -0.120. The molecule has 1 amide bonds. The van der Waals surface area contributed by atoms with Gasteiger partial charge in [0.25, 0.3) is 0 Å². The molecule has 1 heterocycles. The van der Waals surface area contributed by atoms with Crippen LogP contribution in [0.5, 0.6) is 0 Å². The standard InChI is InChI=1S/C20H20ClFN4OS/c1-3-26-18(15-6-8-16(21)9-7-15)24-25-20(26)28-13(2)19(27)23-12-14-4-10-17(22)11-5-14/h4-11,13H,3,12H2,1-2H3,(H,23,27)/t13-/m1/s1. The third-order valence-corrected chi connectivity index (χ3v) is 5.50. The van der Waals surface area contributed by atoms with Crippen molar-refractivity contribution >= 4 is 29.3 Å². The third kappa shape index (κ3) is 4.91. The molecule has 0 radical (unpaired) electrons. The molecule has 8 heteroatoms. The Balaban J connectivity index is 1.66. The van der Waals surface area contributed by atoms with Crippen LogP contribution in [0, 0.1) is 5.82 Å². The zero-order valence-electron chi connectivity index (χ0n) is 15.5. The van der Waals surface area contributed by atoms with E-state index in [1.165, 1.54) is 23.9 Å². The van der Waals surface area contributed by atoms with Gasteiger partial charge in [0.2, 0.25) is 5.91 Å². The van der Waals surface area contributed by atoms with Gasteiger partial charge in [0.1, 0.15) is 5.82 Å². The molecule has 5 nitrogen and oxygen atoms in total. The number of thioether (sulfide) groups is 1. The van der Waals surface area contributed by atoms with Crippen molar-refractivity contribution < 1.29 is 9.18 Å². The smallest absolute Gasteiger partial charge is 0.233 e. The molecule has 3 rings (SSSR count). The Labute approximate surface area is 172 Å². The number of aromatic nitrogens is 3. The highest BCUT2D eigenvalue weighted by atomic mass is 35.5. The predicted molar refractivity (Wildman–Crippen MR) is 110 cm³/mol. The Bertz CT molecular complexity index is 944. The van der Waals surface area contributed by atoms with E-state index in [0.717, 1.165) is 17.0 Å². The summed E-state index contributed by atoms with van der Waals surface area (Å²) < 4.78 is 14.9. The molecule has 1 atom stereocenters. The summed E-state index contributed by atoms with van der Waals surface area (Å²) in [6.45, 7) is 4.85. The first-order valence-corrected chi connectivity index (χ1v) is 10.1. The molecule has 0 saturated carbocycles. The van der Waals surface area contributed by atoms with E-state index < -0.39 is 0 Å². The van der Waals surface area contributed by atoms with Gasteiger partial charge in [-0.05, 0) is 55.8 Å². The Hall–Kier alpha value is -2.38. The number of halogens is 2. The van der Waals surface area contributed by atoms with Gasteiger partial charge in [0, 0.05) is 23.7 Å². The number of rotatable bonds is 7. The maximum Gasteiger partial charge on any atom is 0.233 e. The average molecular weight is 419 g/mol. The lowest BCUT2D eigenvalue weighted by Gasteiger charge is -2.13. The number of nitrogens with zero attached hydrogens (tertiary/aromatic N) is 3. The van der Waals surface area contributed by atoms with Crippen LogP contribution in [0.3, 0.4) is 0 Å². The van der Waals surface area contributed by atoms with Gasteiger partial charge >= 0.3 is 0 Å². The summed E-state index contributed by atoms with van der Waals surface area (Å²) in [5.74, 6) is 0.322. The number of hydrogen-bond acceptors (Lipinski definition) is 4. The van der Waals surface area contributed by atoms with Gasteiger partial charge in [-0.25, -0.2) is 4.39 Å². The van der Waals surface area contributed by atoms with E-state index in [4.69, 9.17) is 11.6 Å². The van der Waals surface area contributed by atoms with Crippen LogP contribution in [-0.2, 0) is 17.9 Å². The Morgan fingerprint density at radius 1 is 1.18 bits per heavy atom. The molecule has 0 aliphatic heterocycles. The normalized spacial score (nSPS) is 12.0. The monoisotopic (exact) mass is 418 g/mol. The van der Waals surface area contributed by atoms with Crippen molar-refractivity contribution in [2.75, 3.05) is 0 Å². The van der Waals surface area contributed by atoms with Crippen LogP contribution < -0.4 is 5.32 Å². The Kier molecular flexibility index (Phi) is 6.70. The minimum absolute atomic E-state index is 0.118. The minimum Gasteiger partial charge on any atom is -0.351 e. The molecule has 1 aromatic heterocycles. The van der Waals surface area contributed by atoms with Crippen molar-refractivity contribution in [1.82, 2.24) is 20.1 Å². The van der Waals surface area contributed by atoms with Gasteiger partial charge in [0.15, 0.2) is 11.0 Å². The fourth-order valence-corrected chi connectivity index (χ4v) is 3.68. The Morgan fingerprint density at radius 3 is 2.50 bits per heavy atom. The van der Waals surface area contributed by atoms with Gasteiger partial charge in [-0.15, -0.1) is 10.2 Å². The molecule has 2 aromatic carbocycles. The van der Waals surface area contributed by atoms with Gasteiger partial charge in [-0.2, -0.15) is 0 Å². The molecule has 28 heavy (non-hydrogen) atoms. The highest BCUT2D eigenvalue weighted by molar-refractivity contribution is 8.00. The van der Waals surface area contributed by atoms with E-state index in [1.54, 1.807) is 12.1 Å². The molecule has 3 aromatic rings. The number of carbonyl (C=O) groups is 1. The van der Waals surface area contributed by atoms with Crippen LogP contribution in [0.1, 0.15) is 19.4 Å². The first kappa shape index (κ1) is 20.4. The van der Waals surface area contributed by atoms with Crippen molar-refractivity contribution in [2.45, 2.75) is 37.3 Å². The van der Waals surface area contributed by atoms with Crippen molar-refractivity contribution in [1.29, 1.82) is 0 Å². The van der Waals surface area contributed by atoms with Crippen LogP contribution in [0.2, 0.25) is 5.02 Å². The maximum absolute atomic E-state index is 13.0. The summed E-state index contributed by atoms with van der Waals surface area (Å²) in [6.07, 6.45) is 0. The highest BCUT2D eigenvalue weighted by Gasteiger charge is 2.20. The molecule has 0 fully saturated rings. The lowest BCUT2D eigenvalue weighted by atomic mass is 10.2. The summed E-state index contributed by atoms with van der Waals surface area (Å²) in [4.78, 5) is 12.4. The Morgan fingerprint density at radius 2 is 1.86 bits per heavy atom. The second-order valence-corrected chi connectivity index (χ2v) is 7.91. The number of benzene rings is 2. The summed E-state index contributed by atoms with van der Waals surface area (Å²) in [6, 6.07) is 13.5. The van der Waals surface area contributed by atoms with Crippen LogP contribution in [0.15, 0.2) is 53.7 Å². The molecule has 0 aliphatic rings. The molecule has 0 spiro atoms. The average Bonchev–Trinajstić information content (AvgIpc) is 3.10. The molecule has 146 valence electrons. The largest absolute Gasteiger partial charge is 0.351 e. The molecular weight excluding hydrogens is 399 g/mol. The molecule has 1 N–H and O–H groups in total. The second kappa shape index (κ2) is 9.21.